The van der Waals surface area contributed by atoms with Gasteiger partial charge in [-0.05, 0) is 43.5 Å². The number of nitrogens with one attached hydrogen (secondary N) is 2. The highest BCUT2D eigenvalue weighted by atomic mass is 31.2. The summed E-state index contributed by atoms with van der Waals surface area (Å²) in [5, 5.41) is 9.97. The Morgan fingerprint density at radius 3 is 2.33 bits per heavy atom. The van der Waals surface area contributed by atoms with Gasteiger partial charge in [0, 0.05) is 12.7 Å². The first-order valence-corrected chi connectivity index (χ1v) is 14.4. The first kappa shape index (κ1) is 29.0. The lowest BCUT2D eigenvalue weighted by atomic mass is 10.2. The predicted octanol–water partition coefficient (Wildman–Crippen LogP) is 6.85. The van der Waals surface area contributed by atoms with Gasteiger partial charge in [0.05, 0.1) is 54.0 Å². The smallest absolute Gasteiger partial charge is 0.367 e. The maximum atomic E-state index is 13.4. The SMILES string of the molecule is CCCCOP(=O)(OCCCC)OCCCNc1nc2cc(C(F)(F)F)ccc2n2c(-c3ccn[nH]3)cnc12. The number of anilines is 1. The molecule has 0 saturated heterocycles. The third kappa shape index (κ3) is 7.16. The van der Waals surface area contributed by atoms with Crippen molar-refractivity contribution in [3.05, 3.63) is 42.2 Å². The zero-order valence-electron chi connectivity index (χ0n) is 21.8. The van der Waals surface area contributed by atoms with Gasteiger partial charge in [-0.2, -0.15) is 18.3 Å². The number of alkyl halides is 3. The van der Waals surface area contributed by atoms with Gasteiger partial charge >= 0.3 is 14.0 Å². The van der Waals surface area contributed by atoms with E-state index >= 15 is 0 Å². The lowest BCUT2D eigenvalue weighted by Crippen LogP contribution is -2.11. The van der Waals surface area contributed by atoms with Gasteiger partial charge in [-0.1, -0.05) is 26.7 Å². The van der Waals surface area contributed by atoms with Crippen molar-refractivity contribution >= 4 is 30.3 Å². The topological polar surface area (TPSA) is 116 Å². The average Bonchev–Trinajstić information content (AvgIpc) is 3.58. The fraction of sp³-hybridized carbons (Fsp3) is 0.480. The summed E-state index contributed by atoms with van der Waals surface area (Å²) in [6.45, 7) is 4.95. The number of halogens is 3. The van der Waals surface area contributed by atoms with Gasteiger partial charge in [-0.3, -0.25) is 23.1 Å². The van der Waals surface area contributed by atoms with E-state index in [-0.39, 0.29) is 25.3 Å². The molecule has 14 heteroatoms. The summed E-state index contributed by atoms with van der Waals surface area (Å²) in [7, 11) is -3.68. The summed E-state index contributed by atoms with van der Waals surface area (Å²) >= 11 is 0. The molecule has 2 N–H and O–H groups in total. The van der Waals surface area contributed by atoms with Crippen LogP contribution in [0.2, 0.25) is 0 Å². The van der Waals surface area contributed by atoms with E-state index in [4.69, 9.17) is 13.6 Å². The molecule has 3 aromatic heterocycles. The van der Waals surface area contributed by atoms with Crippen LogP contribution in [0.5, 0.6) is 0 Å². The molecule has 1 aromatic carbocycles. The zero-order chi connectivity index (χ0) is 27.9. The molecule has 4 rings (SSSR count). The molecule has 0 amide bonds. The van der Waals surface area contributed by atoms with E-state index in [0.29, 0.717) is 41.3 Å². The number of benzene rings is 1. The van der Waals surface area contributed by atoms with Crippen molar-refractivity contribution in [2.75, 3.05) is 31.7 Å². The van der Waals surface area contributed by atoms with Crippen LogP contribution in [-0.2, 0) is 24.3 Å². The summed E-state index contributed by atoms with van der Waals surface area (Å²) < 4.78 is 71.3. The van der Waals surface area contributed by atoms with Crippen molar-refractivity contribution in [2.24, 2.45) is 0 Å². The molecule has 0 unspecified atom stereocenters. The summed E-state index contributed by atoms with van der Waals surface area (Å²) in [6, 6.07) is 5.16. The number of hydrogen-bond donors (Lipinski definition) is 2. The van der Waals surface area contributed by atoms with E-state index in [1.165, 1.54) is 6.07 Å². The highest BCUT2D eigenvalue weighted by Gasteiger charge is 2.31. The van der Waals surface area contributed by atoms with Crippen LogP contribution in [0, 0.1) is 0 Å². The molecule has 0 fully saturated rings. The van der Waals surface area contributed by atoms with Crippen molar-refractivity contribution in [3.63, 3.8) is 0 Å². The van der Waals surface area contributed by atoms with Crippen LogP contribution in [0.1, 0.15) is 51.5 Å². The summed E-state index contributed by atoms with van der Waals surface area (Å²) in [4.78, 5) is 8.92. The maximum Gasteiger partial charge on any atom is 0.474 e. The Labute approximate surface area is 223 Å². The van der Waals surface area contributed by atoms with E-state index in [9.17, 15) is 17.7 Å². The molecule has 4 aromatic rings. The molecule has 39 heavy (non-hydrogen) atoms. The molecule has 0 bridgehead atoms. The first-order valence-electron chi connectivity index (χ1n) is 12.9. The predicted molar refractivity (Wildman–Crippen MR) is 141 cm³/mol. The molecule has 0 radical (unpaired) electrons. The first-order chi connectivity index (χ1) is 18.8. The van der Waals surface area contributed by atoms with Crippen LogP contribution in [0.4, 0.5) is 19.0 Å². The molecular formula is C25H32F3N6O4P. The number of imidazole rings is 1. The third-order valence-corrected chi connectivity index (χ3v) is 7.38. The fourth-order valence-electron chi connectivity index (χ4n) is 3.83. The highest BCUT2D eigenvalue weighted by Crippen LogP contribution is 2.49. The second-order valence-electron chi connectivity index (χ2n) is 8.87. The van der Waals surface area contributed by atoms with E-state index in [2.05, 4.69) is 25.5 Å². The minimum Gasteiger partial charge on any atom is -0.367 e. The highest BCUT2D eigenvalue weighted by molar-refractivity contribution is 7.48. The largest absolute Gasteiger partial charge is 0.474 e. The normalized spacial score (nSPS) is 12.5. The van der Waals surface area contributed by atoms with Gasteiger partial charge in [0.15, 0.2) is 11.5 Å². The Hall–Kier alpha value is -2.99. The number of aromatic nitrogens is 5. The van der Waals surface area contributed by atoms with Crippen LogP contribution < -0.4 is 5.32 Å². The average molecular weight is 569 g/mol. The Balaban J connectivity index is 1.52. The van der Waals surface area contributed by atoms with Crippen molar-refractivity contribution in [1.82, 2.24) is 24.6 Å². The van der Waals surface area contributed by atoms with Gasteiger partial charge in [0.2, 0.25) is 0 Å². The monoisotopic (exact) mass is 568 g/mol. The molecule has 0 aliphatic rings. The number of phosphoric ester groups is 1. The van der Waals surface area contributed by atoms with Gasteiger partial charge < -0.3 is 5.32 Å². The number of aromatic amines is 1. The lowest BCUT2D eigenvalue weighted by Gasteiger charge is -2.18. The molecule has 212 valence electrons. The fourth-order valence-corrected chi connectivity index (χ4v) is 5.11. The number of fused-ring (bicyclic) bond motifs is 3. The second kappa shape index (κ2) is 12.9. The van der Waals surface area contributed by atoms with Crippen LogP contribution in [0.15, 0.2) is 36.7 Å². The number of nitrogens with zero attached hydrogens (tertiary/aromatic N) is 4. The molecular weight excluding hydrogens is 536 g/mol. The second-order valence-corrected chi connectivity index (χ2v) is 10.5. The number of phosphoric acid groups is 1. The summed E-state index contributed by atoms with van der Waals surface area (Å²) in [5.74, 6) is 0.300. The molecule has 10 nitrogen and oxygen atoms in total. The Kier molecular flexibility index (Phi) is 9.60. The van der Waals surface area contributed by atoms with E-state index in [0.717, 1.165) is 37.8 Å². The van der Waals surface area contributed by atoms with Crippen molar-refractivity contribution in [3.8, 4) is 11.4 Å². The van der Waals surface area contributed by atoms with Crippen LogP contribution >= 0.6 is 7.82 Å². The maximum absolute atomic E-state index is 13.4. The van der Waals surface area contributed by atoms with Crippen LogP contribution in [-0.4, -0.2) is 50.9 Å². The van der Waals surface area contributed by atoms with Gasteiger partial charge in [0.1, 0.15) is 0 Å². The van der Waals surface area contributed by atoms with E-state index in [1.54, 1.807) is 22.9 Å². The number of rotatable bonds is 15. The van der Waals surface area contributed by atoms with Crippen molar-refractivity contribution in [1.29, 1.82) is 0 Å². The number of H-pyrrole nitrogens is 1. The minimum absolute atomic E-state index is 0.0818. The van der Waals surface area contributed by atoms with Gasteiger partial charge in [-0.15, -0.1) is 0 Å². The van der Waals surface area contributed by atoms with E-state index < -0.39 is 19.6 Å². The zero-order valence-corrected chi connectivity index (χ0v) is 22.7. The molecule has 0 atom stereocenters. The van der Waals surface area contributed by atoms with E-state index in [1.807, 2.05) is 13.8 Å². The van der Waals surface area contributed by atoms with Crippen LogP contribution in [0.3, 0.4) is 0 Å². The minimum atomic E-state index is -4.51. The third-order valence-electron chi connectivity index (χ3n) is 5.88. The quantitative estimate of drug-likeness (QED) is 0.118. The summed E-state index contributed by atoms with van der Waals surface area (Å²) in [5.41, 5.74) is 1.51. The van der Waals surface area contributed by atoms with Gasteiger partial charge in [-0.25, -0.2) is 14.5 Å². The molecule has 0 spiro atoms. The molecule has 0 aliphatic heterocycles. The number of unbranched alkanes of at least 4 members (excludes halogenated alkanes) is 2. The lowest BCUT2D eigenvalue weighted by molar-refractivity contribution is -0.137. The number of hydrogen-bond acceptors (Lipinski definition) is 8. The van der Waals surface area contributed by atoms with Crippen molar-refractivity contribution < 1.29 is 31.3 Å². The molecule has 0 aliphatic carbocycles. The molecule has 3 heterocycles. The Morgan fingerprint density at radius 2 is 1.72 bits per heavy atom. The standard InChI is InChI=1S/C25H32F3N6O4P/c1-3-5-13-36-39(35,37-14-6-4-2)38-15-7-11-29-23-24-30-17-22(19-10-12-31-33-19)34(24)21-9-8-18(25(26,27)28)16-20(21)32-23/h8-10,12,16-17H,3-7,11,13-15H2,1-2H3,(H,29,32)(H,31,33). The summed E-state index contributed by atoms with van der Waals surface area (Å²) in [6.07, 6.45) is 2.30. The molecule has 0 saturated carbocycles. The van der Waals surface area contributed by atoms with Crippen molar-refractivity contribution in [2.45, 2.75) is 52.1 Å². The van der Waals surface area contributed by atoms with Crippen LogP contribution in [0.25, 0.3) is 28.1 Å². The Morgan fingerprint density at radius 1 is 1.03 bits per heavy atom. The Bertz CT molecular complexity index is 1400. The van der Waals surface area contributed by atoms with Gasteiger partial charge in [0.25, 0.3) is 0 Å².